The predicted molar refractivity (Wildman–Crippen MR) is 106 cm³/mol. The molecule has 0 unspecified atom stereocenters. The van der Waals surface area contributed by atoms with E-state index in [9.17, 15) is 4.79 Å². The molecular weight excluding hydrogens is 345 g/mol. The number of halogens is 2. The lowest BCUT2D eigenvalue weighted by atomic mass is 9.77. The topological polar surface area (TPSA) is 49.6 Å². The van der Waals surface area contributed by atoms with Crippen molar-refractivity contribution in [2.45, 2.75) is 57.7 Å². The minimum Gasteiger partial charge on any atom is -0.399 e. The molecule has 1 aromatic rings. The number of nitrogen functional groups attached to an aromatic ring is 1. The maximum absolute atomic E-state index is 12.7. The van der Waals surface area contributed by atoms with Crippen molar-refractivity contribution in [2.24, 2.45) is 0 Å². The van der Waals surface area contributed by atoms with E-state index in [2.05, 4.69) is 39.6 Å². The number of hydrogen-bond acceptors (Lipinski definition) is 3. The second kappa shape index (κ2) is 7.94. The van der Waals surface area contributed by atoms with Crippen molar-refractivity contribution >= 4 is 36.4 Å². The van der Waals surface area contributed by atoms with Crippen LogP contribution in [0.25, 0.3) is 0 Å². The third-order valence-electron chi connectivity index (χ3n) is 5.31. The van der Waals surface area contributed by atoms with Gasteiger partial charge in [-0.25, -0.2) is 0 Å². The van der Waals surface area contributed by atoms with Crippen LogP contribution in [0.3, 0.4) is 0 Å². The van der Waals surface area contributed by atoms with Crippen LogP contribution in [0.5, 0.6) is 0 Å². The number of rotatable bonds is 2. The summed E-state index contributed by atoms with van der Waals surface area (Å²) in [6.07, 6.45) is 1.95. The molecule has 24 heavy (non-hydrogen) atoms. The van der Waals surface area contributed by atoms with Gasteiger partial charge in [-0.15, -0.1) is 24.8 Å². The summed E-state index contributed by atoms with van der Waals surface area (Å²) in [5, 5.41) is 0. The van der Waals surface area contributed by atoms with E-state index in [1.165, 1.54) is 0 Å². The van der Waals surface area contributed by atoms with Gasteiger partial charge in [-0.1, -0.05) is 0 Å². The van der Waals surface area contributed by atoms with Crippen molar-refractivity contribution in [3.63, 3.8) is 0 Å². The Morgan fingerprint density at radius 3 is 1.92 bits per heavy atom. The number of amides is 1. The normalized spacial score (nSPS) is 19.8. The first-order valence-electron chi connectivity index (χ1n) is 7.91. The van der Waals surface area contributed by atoms with Crippen LogP contribution in [0.1, 0.15) is 50.9 Å². The third-order valence-corrected chi connectivity index (χ3v) is 5.31. The molecule has 0 aromatic heterocycles. The van der Waals surface area contributed by atoms with E-state index in [4.69, 9.17) is 5.73 Å². The van der Waals surface area contributed by atoms with Crippen molar-refractivity contribution < 1.29 is 4.79 Å². The maximum atomic E-state index is 12.7. The Labute approximate surface area is 158 Å². The molecule has 4 nitrogen and oxygen atoms in total. The predicted octanol–water partition coefficient (Wildman–Crippen LogP) is 3.84. The molecule has 0 aliphatic carbocycles. The zero-order chi connectivity index (χ0) is 16.7. The van der Waals surface area contributed by atoms with Gasteiger partial charge < -0.3 is 10.6 Å². The van der Waals surface area contributed by atoms with Crippen molar-refractivity contribution in [1.29, 1.82) is 0 Å². The fraction of sp³-hybridized carbons (Fsp3) is 0.611. The van der Waals surface area contributed by atoms with Crippen molar-refractivity contribution in [3.8, 4) is 0 Å². The zero-order valence-electron chi connectivity index (χ0n) is 15.5. The molecule has 6 heteroatoms. The summed E-state index contributed by atoms with van der Waals surface area (Å²) in [5.41, 5.74) is 7.23. The number of anilines is 1. The highest BCUT2D eigenvalue weighted by atomic mass is 35.5. The van der Waals surface area contributed by atoms with Crippen LogP contribution >= 0.6 is 24.8 Å². The Hall–Kier alpha value is -0.970. The van der Waals surface area contributed by atoms with Crippen LogP contribution < -0.4 is 5.73 Å². The fourth-order valence-corrected chi connectivity index (χ4v) is 3.59. The highest BCUT2D eigenvalue weighted by Gasteiger charge is 2.44. The first-order chi connectivity index (χ1) is 10.0. The summed E-state index contributed by atoms with van der Waals surface area (Å²) < 4.78 is 0. The molecule has 0 saturated carbocycles. The smallest absolute Gasteiger partial charge is 0.253 e. The fourth-order valence-electron chi connectivity index (χ4n) is 3.59. The molecule has 1 aromatic carbocycles. The lowest BCUT2D eigenvalue weighted by Gasteiger charge is -2.55. The first kappa shape index (κ1) is 23.0. The largest absolute Gasteiger partial charge is 0.399 e. The Morgan fingerprint density at radius 1 is 1.08 bits per heavy atom. The van der Waals surface area contributed by atoms with Gasteiger partial charge in [0.2, 0.25) is 0 Å². The lowest BCUT2D eigenvalue weighted by Crippen LogP contribution is -2.62. The molecule has 0 spiro atoms. The van der Waals surface area contributed by atoms with Crippen LogP contribution in [0, 0.1) is 0 Å². The van der Waals surface area contributed by atoms with Gasteiger partial charge in [-0.05, 0) is 71.8 Å². The van der Waals surface area contributed by atoms with Gasteiger partial charge in [0, 0.05) is 35.4 Å². The summed E-state index contributed by atoms with van der Waals surface area (Å²) >= 11 is 0. The summed E-state index contributed by atoms with van der Waals surface area (Å²) in [6.45, 7) is 9.01. The Balaban J connectivity index is 0.00000264. The zero-order valence-corrected chi connectivity index (χ0v) is 17.1. The maximum Gasteiger partial charge on any atom is 0.253 e. The van der Waals surface area contributed by atoms with E-state index in [0.29, 0.717) is 11.3 Å². The second-order valence-electron chi connectivity index (χ2n) is 7.78. The number of carbonyl (C=O) groups is 1. The van der Waals surface area contributed by atoms with Gasteiger partial charge in [0.25, 0.3) is 5.91 Å². The monoisotopic (exact) mass is 375 g/mol. The number of nitrogens with zero attached hydrogens (tertiary/aromatic N) is 2. The molecule has 0 bridgehead atoms. The molecule has 1 saturated heterocycles. The standard InChI is InChI=1S/C18H29N3O.2ClH/c1-17(2)11-15(12-18(3,4)21(17)6)20(5)16(22)13-7-9-14(19)10-8-13;;/h7-10,15H,11-12,19H2,1-6H3;2*1H. The highest BCUT2D eigenvalue weighted by Crippen LogP contribution is 2.38. The minimum absolute atomic E-state index is 0. The summed E-state index contributed by atoms with van der Waals surface area (Å²) in [7, 11) is 4.10. The molecule has 0 radical (unpaired) electrons. The SMILES string of the molecule is CN(C(=O)c1ccc(N)cc1)C1CC(C)(C)N(C)C(C)(C)C1.Cl.Cl. The van der Waals surface area contributed by atoms with Gasteiger partial charge in [-0.3, -0.25) is 9.69 Å². The highest BCUT2D eigenvalue weighted by molar-refractivity contribution is 5.94. The number of hydrogen-bond donors (Lipinski definition) is 1. The van der Waals surface area contributed by atoms with Gasteiger partial charge in [-0.2, -0.15) is 0 Å². The Morgan fingerprint density at radius 2 is 1.50 bits per heavy atom. The molecule has 1 fully saturated rings. The number of nitrogens with two attached hydrogens (primary N) is 1. The number of carbonyl (C=O) groups excluding carboxylic acids is 1. The van der Waals surface area contributed by atoms with Gasteiger partial charge in [0.15, 0.2) is 0 Å². The third kappa shape index (κ3) is 4.56. The van der Waals surface area contributed by atoms with E-state index in [1.807, 2.05) is 11.9 Å². The van der Waals surface area contributed by atoms with Crippen molar-refractivity contribution in [3.05, 3.63) is 29.8 Å². The number of piperidine rings is 1. The molecule has 0 atom stereocenters. The van der Waals surface area contributed by atoms with Crippen molar-refractivity contribution in [1.82, 2.24) is 9.80 Å². The molecular formula is C18H31Cl2N3O. The van der Waals surface area contributed by atoms with E-state index in [0.717, 1.165) is 12.8 Å². The van der Waals surface area contributed by atoms with Gasteiger partial charge in [0.05, 0.1) is 0 Å². The molecule has 1 aliphatic heterocycles. The van der Waals surface area contributed by atoms with E-state index in [-0.39, 0.29) is 47.8 Å². The average Bonchev–Trinajstić information content (AvgIpc) is 2.43. The summed E-state index contributed by atoms with van der Waals surface area (Å²) in [4.78, 5) is 17.1. The Bertz CT molecular complexity index is 540. The molecule has 1 heterocycles. The van der Waals surface area contributed by atoms with Crippen LogP contribution in [-0.2, 0) is 0 Å². The first-order valence-corrected chi connectivity index (χ1v) is 7.91. The van der Waals surface area contributed by atoms with Crippen LogP contribution in [-0.4, -0.2) is 46.9 Å². The van der Waals surface area contributed by atoms with E-state index >= 15 is 0 Å². The number of benzene rings is 1. The van der Waals surface area contributed by atoms with Crippen molar-refractivity contribution in [2.75, 3.05) is 19.8 Å². The molecule has 138 valence electrons. The van der Waals surface area contributed by atoms with Gasteiger partial charge in [0.1, 0.15) is 0 Å². The van der Waals surface area contributed by atoms with E-state index in [1.54, 1.807) is 24.3 Å². The number of likely N-dealkylation sites (tertiary alicyclic amines) is 1. The van der Waals surface area contributed by atoms with E-state index < -0.39 is 0 Å². The minimum atomic E-state index is 0. The Kier molecular flexibility index (Phi) is 7.62. The quantitative estimate of drug-likeness (QED) is 0.798. The summed E-state index contributed by atoms with van der Waals surface area (Å²) in [6, 6.07) is 7.41. The molecule has 2 rings (SSSR count). The van der Waals surface area contributed by atoms with Crippen LogP contribution in [0.2, 0.25) is 0 Å². The van der Waals surface area contributed by atoms with Gasteiger partial charge >= 0.3 is 0 Å². The summed E-state index contributed by atoms with van der Waals surface area (Å²) in [5.74, 6) is 0.0705. The van der Waals surface area contributed by atoms with Crippen LogP contribution in [0.15, 0.2) is 24.3 Å². The van der Waals surface area contributed by atoms with Crippen LogP contribution in [0.4, 0.5) is 5.69 Å². The molecule has 1 aliphatic rings. The average molecular weight is 376 g/mol. The lowest BCUT2D eigenvalue weighted by molar-refractivity contribution is -0.0376. The molecule has 2 N–H and O–H groups in total. The molecule has 1 amide bonds. The second-order valence-corrected chi connectivity index (χ2v) is 7.78.